The number of carboxylic acids is 1. The van der Waals surface area contributed by atoms with Crippen molar-refractivity contribution in [3.8, 4) is 0 Å². The third-order valence-electron chi connectivity index (χ3n) is 2.57. The van der Waals surface area contributed by atoms with Crippen LogP contribution in [0.3, 0.4) is 0 Å². The molecule has 2 N–H and O–H groups in total. The molecule has 0 spiro atoms. The Morgan fingerprint density at radius 3 is 2.28 bits per heavy atom. The predicted octanol–water partition coefficient (Wildman–Crippen LogP) is 2.91. The molecule has 0 saturated heterocycles. The molecule has 100 valence electrons. The number of aliphatic hydroxyl groups excluding tert-OH is 1. The Morgan fingerprint density at radius 1 is 1.28 bits per heavy atom. The summed E-state index contributed by atoms with van der Waals surface area (Å²) >= 11 is 1.48. The van der Waals surface area contributed by atoms with Gasteiger partial charge >= 0.3 is 5.97 Å². The molecule has 0 aliphatic heterocycles. The maximum absolute atomic E-state index is 10.4. The maximum atomic E-state index is 10.4. The van der Waals surface area contributed by atoms with Gasteiger partial charge in [-0.25, -0.2) is 0 Å². The maximum Gasteiger partial charge on any atom is 0.306 e. The Kier molecular flexibility index (Phi) is 5.23. The van der Waals surface area contributed by atoms with Gasteiger partial charge in [0.25, 0.3) is 0 Å². The van der Waals surface area contributed by atoms with Crippen LogP contribution in [0, 0.1) is 0 Å². The summed E-state index contributed by atoms with van der Waals surface area (Å²) in [6.45, 7) is 6.48. The van der Waals surface area contributed by atoms with Crippen LogP contribution in [0.2, 0.25) is 0 Å². The minimum atomic E-state index is -0.966. The normalized spacial score (nSPS) is 13.3. The lowest BCUT2D eigenvalue weighted by Crippen LogP contribution is -2.15. The van der Waals surface area contributed by atoms with Gasteiger partial charge in [0.1, 0.15) is 0 Å². The van der Waals surface area contributed by atoms with Crippen molar-refractivity contribution in [1.29, 1.82) is 0 Å². The summed E-state index contributed by atoms with van der Waals surface area (Å²) in [5.74, 6) is -0.563. The van der Waals surface area contributed by atoms with Gasteiger partial charge in [-0.2, -0.15) is 0 Å². The fourth-order valence-electron chi connectivity index (χ4n) is 1.50. The molecule has 18 heavy (non-hydrogen) atoms. The molecule has 0 radical (unpaired) electrons. The number of aliphatic carboxylic acids is 1. The Bertz CT molecular complexity index is 392. The van der Waals surface area contributed by atoms with E-state index in [-0.39, 0.29) is 11.8 Å². The number of benzene rings is 1. The van der Waals surface area contributed by atoms with Crippen molar-refractivity contribution in [2.45, 2.75) is 43.6 Å². The molecule has 0 fully saturated rings. The van der Waals surface area contributed by atoms with E-state index >= 15 is 0 Å². The van der Waals surface area contributed by atoms with Gasteiger partial charge in [0.05, 0.1) is 12.5 Å². The van der Waals surface area contributed by atoms with E-state index in [4.69, 9.17) is 5.11 Å². The predicted molar refractivity (Wildman–Crippen MR) is 74.1 cm³/mol. The topological polar surface area (TPSA) is 57.5 Å². The van der Waals surface area contributed by atoms with E-state index in [1.165, 1.54) is 17.3 Å². The fourth-order valence-corrected chi connectivity index (χ4v) is 2.34. The number of rotatable bonds is 5. The quantitative estimate of drug-likeness (QED) is 0.806. The highest BCUT2D eigenvalue weighted by Gasteiger charge is 2.13. The zero-order valence-electron chi connectivity index (χ0n) is 11.0. The zero-order valence-corrected chi connectivity index (χ0v) is 11.8. The van der Waals surface area contributed by atoms with Crippen molar-refractivity contribution in [1.82, 2.24) is 0 Å². The lowest BCUT2D eigenvalue weighted by Gasteiger charge is -2.19. The second-order valence-electron chi connectivity index (χ2n) is 5.34. The Balaban J connectivity index is 2.52. The van der Waals surface area contributed by atoms with E-state index in [0.717, 1.165) is 4.90 Å². The molecule has 0 saturated carbocycles. The van der Waals surface area contributed by atoms with Crippen LogP contribution in [0.15, 0.2) is 29.2 Å². The van der Waals surface area contributed by atoms with E-state index in [1.54, 1.807) is 0 Å². The largest absolute Gasteiger partial charge is 0.481 e. The Hall–Kier alpha value is -1.00. The minimum Gasteiger partial charge on any atom is -0.481 e. The first-order valence-electron chi connectivity index (χ1n) is 5.92. The number of hydrogen-bond acceptors (Lipinski definition) is 3. The number of carbonyl (C=O) groups is 1. The number of hydrogen-bond donors (Lipinski definition) is 2. The zero-order chi connectivity index (χ0) is 13.8. The fraction of sp³-hybridized carbons (Fsp3) is 0.500. The van der Waals surface area contributed by atoms with Crippen molar-refractivity contribution in [2.24, 2.45) is 0 Å². The molecular formula is C14H20O3S. The third-order valence-corrected chi connectivity index (χ3v) is 3.73. The second kappa shape index (κ2) is 6.25. The molecule has 0 heterocycles. The first kappa shape index (κ1) is 15.1. The molecule has 4 heteroatoms. The van der Waals surface area contributed by atoms with Gasteiger partial charge in [0.2, 0.25) is 0 Å². The van der Waals surface area contributed by atoms with Crippen molar-refractivity contribution in [3.05, 3.63) is 29.8 Å². The number of carboxylic acid groups (broad SMARTS) is 1. The van der Waals surface area contributed by atoms with Gasteiger partial charge in [-0.05, 0) is 23.1 Å². The van der Waals surface area contributed by atoms with Crippen molar-refractivity contribution < 1.29 is 15.0 Å². The highest BCUT2D eigenvalue weighted by atomic mass is 32.2. The highest BCUT2D eigenvalue weighted by Crippen LogP contribution is 2.26. The van der Waals surface area contributed by atoms with Gasteiger partial charge < -0.3 is 10.2 Å². The van der Waals surface area contributed by atoms with Gasteiger partial charge in [0.15, 0.2) is 0 Å². The van der Waals surface area contributed by atoms with E-state index in [0.29, 0.717) is 5.75 Å². The molecule has 1 aromatic carbocycles. The summed E-state index contributed by atoms with van der Waals surface area (Å²) in [5.41, 5.74) is 1.39. The summed E-state index contributed by atoms with van der Waals surface area (Å²) in [4.78, 5) is 11.5. The summed E-state index contributed by atoms with van der Waals surface area (Å²) in [7, 11) is 0. The van der Waals surface area contributed by atoms with Crippen LogP contribution in [0.1, 0.15) is 32.8 Å². The van der Waals surface area contributed by atoms with E-state index in [9.17, 15) is 9.90 Å². The van der Waals surface area contributed by atoms with Crippen LogP contribution >= 0.6 is 11.8 Å². The summed E-state index contributed by atoms with van der Waals surface area (Å²) in [5, 5.41) is 18.0. The highest BCUT2D eigenvalue weighted by molar-refractivity contribution is 7.99. The van der Waals surface area contributed by atoms with Gasteiger partial charge in [-0.15, -0.1) is 11.8 Å². The van der Waals surface area contributed by atoms with E-state index < -0.39 is 12.1 Å². The third kappa shape index (κ3) is 5.10. The van der Waals surface area contributed by atoms with Crippen LogP contribution in [0.5, 0.6) is 0 Å². The molecule has 0 aromatic heterocycles. The molecular weight excluding hydrogens is 248 g/mol. The van der Waals surface area contributed by atoms with Crippen LogP contribution < -0.4 is 0 Å². The Morgan fingerprint density at radius 2 is 1.83 bits per heavy atom. The number of thioether (sulfide) groups is 1. The summed E-state index contributed by atoms with van der Waals surface area (Å²) < 4.78 is 0. The van der Waals surface area contributed by atoms with Crippen LogP contribution in [0.4, 0.5) is 0 Å². The van der Waals surface area contributed by atoms with Crippen LogP contribution in [0.25, 0.3) is 0 Å². The lowest BCUT2D eigenvalue weighted by atomic mass is 9.87. The second-order valence-corrected chi connectivity index (χ2v) is 6.43. The van der Waals surface area contributed by atoms with Gasteiger partial charge in [-0.3, -0.25) is 4.79 Å². The van der Waals surface area contributed by atoms with Crippen LogP contribution in [-0.4, -0.2) is 28.0 Å². The van der Waals surface area contributed by atoms with Gasteiger partial charge in [0, 0.05) is 10.6 Å². The minimum absolute atomic E-state index is 0.131. The first-order chi connectivity index (χ1) is 8.29. The Labute approximate surface area is 112 Å². The van der Waals surface area contributed by atoms with E-state index in [1.807, 2.05) is 12.1 Å². The average Bonchev–Trinajstić information content (AvgIpc) is 2.25. The molecule has 0 amide bonds. The van der Waals surface area contributed by atoms with Crippen LogP contribution in [-0.2, 0) is 10.2 Å². The SMILES string of the molecule is CC(C)(C)c1ccc(SCC(O)CC(=O)O)cc1. The number of aliphatic hydroxyl groups is 1. The van der Waals surface area contributed by atoms with Crippen molar-refractivity contribution in [2.75, 3.05) is 5.75 Å². The molecule has 0 bridgehead atoms. The average molecular weight is 268 g/mol. The molecule has 1 rings (SSSR count). The first-order valence-corrected chi connectivity index (χ1v) is 6.91. The summed E-state index contributed by atoms with van der Waals surface area (Å²) in [6, 6.07) is 8.18. The van der Waals surface area contributed by atoms with Crippen molar-refractivity contribution >= 4 is 17.7 Å². The molecule has 0 aliphatic rings. The van der Waals surface area contributed by atoms with Gasteiger partial charge in [-0.1, -0.05) is 32.9 Å². The molecule has 1 aromatic rings. The molecule has 3 nitrogen and oxygen atoms in total. The van der Waals surface area contributed by atoms with Crippen molar-refractivity contribution in [3.63, 3.8) is 0 Å². The molecule has 0 aliphatic carbocycles. The smallest absolute Gasteiger partial charge is 0.306 e. The lowest BCUT2D eigenvalue weighted by molar-refractivity contribution is -0.138. The summed E-state index contributed by atoms with van der Waals surface area (Å²) in [6.07, 6.45) is -0.998. The van der Waals surface area contributed by atoms with E-state index in [2.05, 4.69) is 32.9 Å². The molecule has 1 atom stereocenters. The molecule has 1 unspecified atom stereocenters. The monoisotopic (exact) mass is 268 g/mol. The standard InChI is InChI=1S/C14H20O3S/c1-14(2,3)10-4-6-12(7-5-10)18-9-11(15)8-13(16)17/h4-7,11,15H,8-9H2,1-3H3,(H,16,17).